The van der Waals surface area contributed by atoms with E-state index in [-0.39, 0.29) is 24.4 Å². The van der Waals surface area contributed by atoms with Gasteiger partial charge in [0.2, 0.25) is 0 Å². The summed E-state index contributed by atoms with van der Waals surface area (Å²) in [5.74, 6) is 0.374. The fourth-order valence-corrected chi connectivity index (χ4v) is 3.11. The molecule has 0 spiro atoms. The summed E-state index contributed by atoms with van der Waals surface area (Å²) in [7, 11) is 0. The highest BCUT2D eigenvalue weighted by molar-refractivity contribution is 5.94. The minimum Gasteiger partial charge on any atom is -0.489 e. The van der Waals surface area contributed by atoms with E-state index in [1.807, 2.05) is 29.2 Å². The summed E-state index contributed by atoms with van der Waals surface area (Å²) in [6.45, 7) is 0.673. The molecule has 0 N–H and O–H groups in total. The lowest BCUT2D eigenvalue weighted by molar-refractivity contribution is 0.0729. The first-order chi connectivity index (χ1) is 13.7. The van der Waals surface area contributed by atoms with Crippen LogP contribution < -0.4 is 4.74 Å². The molecule has 3 aromatic rings. The first-order valence-corrected chi connectivity index (χ1v) is 9.37. The van der Waals surface area contributed by atoms with Gasteiger partial charge in [0, 0.05) is 30.5 Å². The summed E-state index contributed by atoms with van der Waals surface area (Å²) in [5.41, 5.74) is 2.09. The van der Waals surface area contributed by atoms with E-state index in [1.165, 1.54) is 6.07 Å². The van der Waals surface area contributed by atoms with Gasteiger partial charge < -0.3 is 9.64 Å². The van der Waals surface area contributed by atoms with Crippen molar-refractivity contribution >= 4 is 5.91 Å². The van der Waals surface area contributed by atoms with Crippen LogP contribution >= 0.6 is 0 Å². The molecule has 1 aromatic heterocycles. The van der Waals surface area contributed by atoms with E-state index >= 15 is 0 Å². The Morgan fingerprint density at radius 2 is 1.96 bits per heavy atom. The summed E-state index contributed by atoms with van der Waals surface area (Å²) < 4.78 is 19.5. The molecule has 0 atom stereocenters. The van der Waals surface area contributed by atoms with Crippen molar-refractivity contribution in [2.45, 2.75) is 32.0 Å². The number of hydrogen-bond acceptors (Lipinski definition) is 3. The van der Waals surface area contributed by atoms with Gasteiger partial charge in [0.25, 0.3) is 5.91 Å². The molecule has 1 aliphatic carbocycles. The van der Waals surface area contributed by atoms with Gasteiger partial charge in [0.15, 0.2) is 0 Å². The van der Waals surface area contributed by atoms with E-state index in [1.54, 1.807) is 42.7 Å². The third kappa shape index (κ3) is 4.36. The highest BCUT2D eigenvalue weighted by atomic mass is 19.1. The van der Waals surface area contributed by atoms with E-state index in [0.717, 1.165) is 18.4 Å². The molecule has 142 valence electrons. The number of aromatic nitrogens is 1. The van der Waals surface area contributed by atoms with E-state index in [4.69, 9.17) is 4.74 Å². The van der Waals surface area contributed by atoms with Gasteiger partial charge in [-0.3, -0.25) is 9.78 Å². The fourth-order valence-electron chi connectivity index (χ4n) is 3.11. The molecule has 28 heavy (non-hydrogen) atoms. The highest BCUT2D eigenvalue weighted by Crippen LogP contribution is 2.30. The molecule has 1 aliphatic rings. The molecule has 1 heterocycles. The average Bonchev–Trinajstić information content (AvgIpc) is 3.57. The number of ether oxygens (including phenoxy) is 1. The summed E-state index contributed by atoms with van der Waals surface area (Å²) in [6.07, 6.45) is 5.31. The third-order valence-corrected chi connectivity index (χ3v) is 4.76. The molecule has 0 unspecified atom stereocenters. The number of amides is 1. The number of pyridine rings is 1. The van der Waals surface area contributed by atoms with Crippen LogP contribution in [0.4, 0.5) is 4.39 Å². The third-order valence-electron chi connectivity index (χ3n) is 4.76. The SMILES string of the molecule is O=C(c1cccnc1)N(Cc1cccc(OCc2ccccc2F)c1)C1CC1. The lowest BCUT2D eigenvalue weighted by atomic mass is 10.1. The molecule has 5 heteroatoms. The van der Waals surface area contributed by atoms with Crippen LogP contribution in [-0.2, 0) is 13.2 Å². The Kier molecular flexibility index (Phi) is 5.33. The van der Waals surface area contributed by atoms with Gasteiger partial charge >= 0.3 is 0 Å². The predicted octanol–water partition coefficient (Wildman–Crippen LogP) is 4.60. The summed E-state index contributed by atoms with van der Waals surface area (Å²) >= 11 is 0. The lowest BCUT2D eigenvalue weighted by Crippen LogP contribution is -2.32. The van der Waals surface area contributed by atoms with Crippen LogP contribution in [0.5, 0.6) is 5.75 Å². The van der Waals surface area contributed by atoms with Crippen molar-refractivity contribution in [1.82, 2.24) is 9.88 Å². The van der Waals surface area contributed by atoms with E-state index in [2.05, 4.69) is 4.98 Å². The number of carbonyl (C=O) groups is 1. The molecule has 1 saturated carbocycles. The Labute approximate surface area is 163 Å². The molecule has 1 amide bonds. The second-order valence-electron chi connectivity index (χ2n) is 6.93. The second kappa shape index (κ2) is 8.21. The number of rotatable bonds is 7. The van der Waals surface area contributed by atoms with Crippen LogP contribution in [0.2, 0.25) is 0 Å². The zero-order valence-electron chi connectivity index (χ0n) is 15.4. The Morgan fingerprint density at radius 1 is 1.11 bits per heavy atom. The van der Waals surface area contributed by atoms with Gasteiger partial charge in [-0.1, -0.05) is 30.3 Å². The van der Waals surface area contributed by atoms with Crippen LogP contribution in [0.1, 0.15) is 34.3 Å². The van der Waals surface area contributed by atoms with Crippen molar-refractivity contribution in [2.24, 2.45) is 0 Å². The molecular weight excluding hydrogens is 355 g/mol. The number of halogens is 1. The number of hydrogen-bond donors (Lipinski definition) is 0. The standard InChI is InChI=1S/C23H21FN2O2/c24-22-9-2-1-6-19(22)16-28-21-8-3-5-17(13-21)15-26(20-10-11-20)23(27)18-7-4-12-25-14-18/h1-9,12-14,20H,10-11,15-16H2. The van der Waals surface area contributed by atoms with Crippen molar-refractivity contribution in [3.05, 3.63) is 95.6 Å². The Morgan fingerprint density at radius 3 is 2.71 bits per heavy atom. The average molecular weight is 376 g/mol. The van der Waals surface area contributed by atoms with Crippen molar-refractivity contribution in [3.63, 3.8) is 0 Å². The minimum absolute atomic E-state index is 0.00622. The normalized spacial score (nSPS) is 13.2. The first-order valence-electron chi connectivity index (χ1n) is 9.37. The molecule has 0 saturated heterocycles. The van der Waals surface area contributed by atoms with Crippen LogP contribution in [-0.4, -0.2) is 21.8 Å². The largest absolute Gasteiger partial charge is 0.489 e. The molecule has 0 radical (unpaired) electrons. The number of benzene rings is 2. The Balaban J connectivity index is 1.46. The van der Waals surface area contributed by atoms with Crippen molar-refractivity contribution in [1.29, 1.82) is 0 Å². The summed E-state index contributed by atoms with van der Waals surface area (Å²) in [6, 6.07) is 18.0. The monoisotopic (exact) mass is 376 g/mol. The maximum atomic E-state index is 13.8. The van der Waals surface area contributed by atoms with E-state index in [0.29, 0.717) is 23.4 Å². The van der Waals surface area contributed by atoms with Crippen molar-refractivity contribution in [2.75, 3.05) is 0 Å². The van der Waals surface area contributed by atoms with Gasteiger partial charge in [-0.15, -0.1) is 0 Å². The number of nitrogens with zero attached hydrogens (tertiary/aromatic N) is 2. The Hall–Kier alpha value is -3.21. The van der Waals surface area contributed by atoms with Crippen molar-refractivity contribution in [3.8, 4) is 5.75 Å². The minimum atomic E-state index is -0.277. The highest BCUT2D eigenvalue weighted by Gasteiger charge is 2.33. The van der Waals surface area contributed by atoms with Gasteiger partial charge in [-0.25, -0.2) is 4.39 Å². The van der Waals surface area contributed by atoms with Gasteiger partial charge in [-0.2, -0.15) is 0 Å². The van der Waals surface area contributed by atoms with Gasteiger partial charge in [-0.05, 0) is 48.7 Å². The smallest absolute Gasteiger partial charge is 0.255 e. The zero-order chi connectivity index (χ0) is 19.3. The maximum Gasteiger partial charge on any atom is 0.255 e. The second-order valence-corrected chi connectivity index (χ2v) is 6.93. The topological polar surface area (TPSA) is 42.4 Å². The quantitative estimate of drug-likeness (QED) is 0.605. The van der Waals surface area contributed by atoms with Gasteiger partial charge in [0.05, 0.1) is 5.56 Å². The van der Waals surface area contributed by atoms with Crippen molar-refractivity contribution < 1.29 is 13.9 Å². The molecule has 2 aromatic carbocycles. The van der Waals surface area contributed by atoms with Crippen LogP contribution in [0, 0.1) is 5.82 Å². The summed E-state index contributed by atoms with van der Waals surface area (Å²) in [5, 5.41) is 0. The molecule has 0 bridgehead atoms. The number of carbonyl (C=O) groups excluding carboxylic acids is 1. The molecule has 4 rings (SSSR count). The van der Waals surface area contributed by atoms with E-state index in [9.17, 15) is 9.18 Å². The summed E-state index contributed by atoms with van der Waals surface area (Å²) in [4.78, 5) is 18.8. The van der Waals surface area contributed by atoms with Crippen LogP contribution in [0.15, 0.2) is 73.1 Å². The molecule has 4 nitrogen and oxygen atoms in total. The zero-order valence-corrected chi connectivity index (χ0v) is 15.4. The molecule has 0 aliphatic heterocycles. The van der Waals surface area contributed by atoms with Gasteiger partial charge in [0.1, 0.15) is 18.2 Å². The van der Waals surface area contributed by atoms with Crippen LogP contribution in [0.25, 0.3) is 0 Å². The first kappa shape index (κ1) is 18.2. The molecule has 1 fully saturated rings. The Bertz CT molecular complexity index is 958. The fraction of sp³-hybridized carbons (Fsp3) is 0.217. The van der Waals surface area contributed by atoms with Crippen LogP contribution in [0.3, 0.4) is 0 Å². The van der Waals surface area contributed by atoms with E-state index < -0.39 is 0 Å². The predicted molar refractivity (Wildman–Crippen MR) is 104 cm³/mol. The lowest BCUT2D eigenvalue weighted by Gasteiger charge is -2.23. The maximum absolute atomic E-state index is 13.8. The molecular formula is C23H21FN2O2.